The van der Waals surface area contributed by atoms with Crippen LogP contribution >= 0.6 is 34.5 Å². The zero-order chi connectivity index (χ0) is 21.9. The van der Waals surface area contributed by atoms with Gasteiger partial charge in [-0.15, -0.1) is 10.2 Å². The smallest absolute Gasteiger partial charge is 0.270 e. The zero-order valence-electron chi connectivity index (χ0n) is 16.0. The van der Waals surface area contributed by atoms with E-state index in [1.54, 1.807) is 6.92 Å². The van der Waals surface area contributed by atoms with Crippen LogP contribution in [0, 0.1) is 0 Å². The Morgan fingerprint density at radius 2 is 1.83 bits per heavy atom. The highest BCUT2D eigenvalue weighted by Crippen LogP contribution is 2.25. The molecule has 158 valence electrons. The molecule has 1 atom stereocenters. The van der Waals surface area contributed by atoms with Gasteiger partial charge in [-0.05, 0) is 42.7 Å². The monoisotopic (exact) mass is 484 g/mol. The first-order chi connectivity index (χ1) is 14.2. The van der Waals surface area contributed by atoms with Crippen molar-refractivity contribution < 1.29 is 13.2 Å². The average molecular weight is 485 g/mol. The number of halogens is 2. The van der Waals surface area contributed by atoms with E-state index in [0.717, 1.165) is 23.3 Å². The summed E-state index contributed by atoms with van der Waals surface area (Å²) >= 11 is 12.6. The predicted octanol–water partition coefficient (Wildman–Crippen LogP) is 4.70. The Morgan fingerprint density at radius 1 is 1.13 bits per heavy atom. The summed E-state index contributed by atoms with van der Waals surface area (Å²) in [6, 6.07) is 11.6. The quantitative estimate of drug-likeness (QED) is 0.473. The third-order valence-corrected chi connectivity index (χ3v) is 7.55. The predicted molar refractivity (Wildman–Crippen MR) is 119 cm³/mol. The first-order valence-corrected chi connectivity index (χ1v) is 12.0. The summed E-state index contributed by atoms with van der Waals surface area (Å²) in [6.07, 6.45) is 0.904. The Morgan fingerprint density at radius 3 is 2.47 bits per heavy atom. The maximum absolute atomic E-state index is 12.6. The number of aryl methyl sites for hydroxylation is 1. The molecule has 0 bridgehead atoms. The number of nitrogens with one attached hydrogen (secondary N) is 2. The molecule has 0 aliphatic carbocycles. The Kier molecular flexibility index (Phi) is 7.10. The highest BCUT2D eigenvalue weighted by Gasteiger charge is 2.24. The fraction of sp³-hybridized carbons (Fsp3) is 0.211. The molecule has 0 aliphatic heterocycles. The maximum Gasteiger partial charge on any atom is 0.270 e. The average Bonchev–Trinajstić information content (AvgIpc) is 3.17. The molecule has 0 radical (unpaired) electrons. The SMILES string of the molecule is CCc1ccc(C(C)NS(=O)(=O)c2nnc(NC(=O)c3ccc(Cl)cc3Cl)s2)cc1. The highest BCUT2D eigenvalue weighted by molar-refractivity contribution is 7.91. The van der Waals surface area contributed by atoms with E-state index in [1.807, 2.05) is 31.2 Å². The van der Waals surface area contributed by atoms with E-state index in [1.165, 1.54) is 23.8 Å². The van der Waals surface area contributed by atoms with Crippen LogP contribution in [0.5, 0.6) is 0 Å². The van der Waals surface area contributed by atoms with Gasteiger partial charge in [-0.2, -0.15) is 0 Å². The van der Waals surface area contributed by atoms with Crippen molar-refractivity contribution in [1.29, 1.82) is 0 Å². The molecule has 1 heterocycles. The van der Waals surface area contributed by atoms with Crippen molar-refractivity contribution in [2.24, 2.45) is 0 Å². The van der Waals surface area contributed by atoms with E-state index in [4.69, 9.17) is 23.2 Å². The van der Waals surface area contributed by atoms with E-state index in [-0.39, 0.29) is 20.1 Å². The van der Waals surface area contributed by atoms with E-state index in [2.05, 4.69) is 20.2 Å². The number of hydrogen-bond donors (Lipinski definition) is 2. The minimum absolute atomic E-state index is 0.0337. The van der Waals surface area contributed by atoms with Crippen molar-refractivity contribution in [3.8, 4) is 0 Å². The van der Waals surface area contributed by atoms with Crippen LogP contribution in [0.3, 0.4) is 0 Å². The number of anilines is 1. The van der Waals surface area contributed by atoms with Crippen LogP contribution in [-0.4, -0.2) is 24.5 Å². The molecule has 2 aromatic carbocycles. The molecule has 1 aromatic heterocycles. The van der Waals surface area contributed by atoms with Gasteiger partial charge in [-0.25, -0.2) is 13.1 Å². The van der Waals surface area contributed by atoms with Crippen LogP contribution in [0.4, 0.5) is 5.13 Å². The molecule has 2 N–H and O–H groups in total. The largest absolute Gasteiger partial charge is 0.296 e. The third-order valence-electron chi connectivity index (χ3n) is 4.25. The standard InChI is InChI=1S/C19H18Cl2N4O3S2/c1-3-12-4-6-13(7-5-12)11(2)25-30(27,28)19-24-23-18(29-19)22-17(26)15-9-8-14(20)10-16(15)21/h4-11,25H,3H2,1-2H3,(H,22,23,26). The Labute approximate surface area is 188 Å². The molecule has 0 saturated heterocycles. The molecule has 30 heavy (non-hydrogen) atoms. The van der Waals surface area contributed by atoms with Gasteiger partial charge in [0, 0.05) is 11.1 Å². The lowest BCUT2D eigenvalue weighted by Gasteiger charge is -2.13. The number of amides is 1. The molecular formula is C19H18Cl2N4O3S2. The van der Waals surface area contributed by atoms with Crippen LogP contribution in [0.2, 0.25) is 10.0 Å². The topological polar surface area (TPSA) is 101 Å². The van der Waals surface area contributed by atoms with Gasteiger partial charge in [0.05, 0.1) is 10.6 Å². The van der Waals surface area contributed by atoms with Crippen molar-refractivity contribution in [2.75, 3.05) is 5.32 Å². The minimum Gasteiger partial charge on any atom is -0.296 e. The number of sulfonamides is 1. The summed E-state index contributed by atoms with van der Waals surface area (Å²) in [5.41, 5.74) is 2.17. The van der Waals surface area contributed by atoms with Gasteiger partial charge in [-0.1, -0.05) is 65.7 Å². The summed E-state index contributed by atoms with van der Waals surface area (Å²) in [7, 11) is -3.92. The molecule has 0 saturated carbocycles. The maximum atomic E-state index is 12.6. The van der Waals surface area contributed by atoms with Crippen LogP contribution in [0.1, 0.15) is 41.4 Å². The first kappa shape index (κ1) is 22.6. The summed E-state index contributed by atoms with van der Waals surface area (Å²) in [5.74, 6) is -0.547. The van der Waals surface area contributed by atoms with Gasteiger partial charge in [0.15, 0.2) is 0 Å². The van der Waals surface area contributed by atoms with Gasteiger partial charge in [-0.3, -0.25) is 10.1 Å². The fourth-order valence-corrected chi connectivity index (χ4v) is 5.24. The molecule has 3 aromatic rings. The second kappa shape index (κ2) is 9.40. The molecule has 0 spiro atoms. The first-order valence-electron chi connectivity index (χ1n) is 8.90. The summed E-state index contributed by atoms with van der Waals surface area (Å²) in [4.78, 5) is 12.4. The summed E-state index contributed by atoms with van der Waals surface area (Å²) in [6.45, 7) is 3.79. The molecule has 7 nitrogen and oxygen atoms in total. The summed E-state index contributed by atoms with van der Waals surface area (Å²) in [5, 5.41) is 10.5. The van der Waals surface area contributed by atoms with Crippen LogP contribution in [0.25, 0.3) is 0 Å². The molecule has 3 rings (SSSR count). The number of benzene rings is 2. The van der Waals surface area contributed by atoms with E-state index in [9.17, 15) is 13.2 Å². The number of nitrogens with zero attached hydrogens (tertiary/aromatic N) is 2. The molecule has 0 fully saturated rings. The minimum atomic E-state index is -3.92. The van der Waals surface area contributed by atoms with Crippen LogP contribution in [0.15, 0.2) is 46.8 Å². The molecule has 1 amide bonds. The van der Waals surface area contributed by atoms with Crippen LogP contribution < -0.4 is 10.0 Å². The zero-order valence-corrected chi connectivity index (χ0v) is 19.2. The van der Waals surface area contributed by atoms with Crippen molar-refractivity contribution in [1.82, 2.24) is 14.9 Å². The van der Waals surface area contributed by atoms with Gasteiger partial charge in [0.1, 0.15) is 0 Å². The lowest BCUT2D eigenvalue weighted by atomic mass is 10.1. The van der Waals surface area contributed by atoms with Crippen molar-refractivity contribution in [3.63, 3.8) is 0 Å². The second-order valence-corrected chi connectivity index (χ2v) is 10.1. The van der Waals surface area contributed by atoms with E-state index >= 15 is 0 Å². The fourth-order valence-electron chi connectivity index (χ4n) is 2.60. The van der Waals surface area contributed by atoms with Gasteiger partial charge >= 0.3 is 0 Å². The van der Waals surface area contributed by atoms with Gasteiger partial charge in [0.25, 0.3) is 15.9 Å². The highest BCUT2D eigenvalue weighted by atomic mass is 35.5. The Balaban J connectivity index is 1.71. The normalized spacial score (nSPS) is 12.5. The third kappa shape index (κ3) is 5.35. The van der Waals surface area contributed by atoms with Crippen molar-refractivity contribution in [2.45, 2.75) is 30.6 Å². The van der Waals surface area contributed by atoms with Crippen molar-refractivity contribution >= 4 is 55.6 Å². The van der Waals surface area contributed by atoms with Gasteiger partial charge < -0.3 is 0 Å². The molecular weight excluding hydrogens is 467 g/mol. The summed E-state index contributed by atoms with van der Waals surface area (Å²) < 4.78 is 27.6. The molecule has 0 aliphatic rings. The Hall–Kier alpha value is -2.04. The van der Waals surface area contributed by atoms with E-state index < -0.39 is 22.0 Å². The lowest BCUT2D eigenvalue weighted by Crippen LogP contribution is -2.26. The molecule has 11 heteroatoms. The van der Waals surface area contributed by atoms with Crippen LogP contribution in [-0.2, 0) is 16.4 Å². The number of hydrogen-bond acceptors (Lipinski definition) is 6. The van der Waals surface area contributed by atoms with Crippen molar-refractivity contribution in [3.05, 3.63) is 69.2 Å². The molecule has 1 unspecified atom stereocenters. The number of rotatable bonds is 7. The Bertz CT molecular complexity index is 1160. The second-order valence-electron chi connectivity index (χ2n) is 6.39. The number of aromatic nitrogens is 2. The van der Waals surface area contributed by atoms with Gasteiger partial charge in [0.2, 0.25) is 9.47 Å². The lowest BCUT2D eigenvalue weighted by molar-refractivity contribution is 0.102. The van der Waals surface area contributed by atoms with E-state index in [0.29, 0.717) is 5.02 Å². The number of carbonyl (C=O) groups is 1. The number of carbonyl (C=O) groups excluding carboxylic acids is 1.